The van der Waals surface area contributed by atoms with E-state index >= 15 is 0 Å². The first-order valence-electron chi connectivity index (χ1n) is 5.36. The van der Waals surface area contributed by atoms with Crippen molar-refractivity contribution in [1.82, 2.24) is 4.98 Å². The third-order valence-electron chi connectivity index (χ3n) is 2.36. The van der Waals surface area contributed by atoms with Crippen LogP contribution >= 0.6 is 15.9 Å². The van der Waals surface area contributed by atoms with Crippen molar-refractivity contribution in [1.29, 1.82) is 0 Å². The second-order valence-corrected chi connectivity index (χ2v) is 4.56. The fourth-order valence-corrected chi connectivity index (χ4v) is 1.77. The smallest absolute Gasteiger partial charge is 0.273 e. The Morgan fingerprint density at radius 2 is 2.16 bits per heavy atom. The molecular formula is C12H10BrN3O3. The van der Waals surface area contributed by atoms with E-state index in [0.717, 1.165) is 5.56 Å². The van der Waals surface area contributed by atoms with Gasteiger partial charge >= 0.3 is 0 Å². The second kappa shape index (κ2) is 5.77. The van der Waals surface area contributed by atoms with Crippen molar-refractivity contribution in [2.45, 2.75) is 6.54 Å². The van der Waals surface area contributed by atoms with Crippen LogP contribution in [0.4, 0.5) is 5.69 Å². The summed E-state index contributed by atoms with van der Waals surface area (Å²) >= 11 is 3.28. The molecule has 7 heteroatoms. The summed E-state index contributed by atoms with van der Waals surface area (Å²) in [7, 11) is 0. The van der Waals surface area contributed by atoms with E-state index in [0.29, 0.717) is 22.5 Å². The number of non-ortho nitro benzene ring substituents is 1. The number of nitro benzene ring substituents is 1. The molecule has 6 nitrogen and oxygen atoms in total. The molecule has 0 fully saturated rings. The van der Waals surface area contributed by atoms with Crippen LogP contribution in [0.15, 0.2) is 41.1 Å². The van der Waals surface area contributed by atoms with E-state index < -0.39 is 4.92 Å². The molecule has 0 spiro atoms. The molecule has 0 saturated carbocycles. The van der Waals surface area contributed by atoms with Gasteiger partial charge in [0.1, 0.15) is 11.5 Å². The van der Waals surface area contributed by atoms with Gasteiger partial charge in [-0.15, -0.1) is 0 Å². The molecular weight excluding hydrogens is 314 g/mol. The maximum absolute atomic E-state index is 10.7. The molecule has 1 aromatic heterocycles. The van der Waals surface area contributed by atoms with E-state index in [4.69, 9.17) is 10.5 Å². The minimum atomic E-state index is -0.478. The van der Waals surface area contributed by atoms with Gasteiger partial charge in [0.25, 0.3) is 5.69 Å². The van der Waals surface area contributed by atoms with Gasteiger partial charge in [-0.3, -0.25) is 15.1 Å². The highest BCUT2D eigenvalue weighted by Crippen LogP contribution is 2.32. The lowest BCUT2D eigenvalue weighted by atomic mass is 10.3. The van der Waals surface area contributed by atoms with Crippen LogP contribution < -0.4 is 10.5 Å². The fourth-order valence-electron chi connectivity index (χ4n) is 1.44. The van der Waals surface area contributed by atoms with Crippen molar-refractivity contribution >= 4 is 21.6 Å². The summed E-state index contributed by atoms with van der Waals surface area (Å²) in [5, 5.41) is 10.7. The van der Waals surface area contributed by atoms with Gasteiger partial charge in [0, 0.05) is 18.8 Å². The number of nitrogens with zero attached hydrogens (tertiary/aromatic N) is 2. The Hall–Kier alpha value is -1.99. The molecule has 0 bridgehead atoms. The van der Waals surface area contributed by atoms with Gasteiger partial charge in [0.15, 0.2) is 0 Å². The summed E-state index contributed by atoms with van der Waals surface area (Å²) in [5.74, 6) is 0.828. The Labute approximate surface area is 117 Å². The average Bonchev–Trinajstić information content (AvgIpc) is 2.41. The Bertz CT molecular complexity index is 619. The minimum Gasteiger partial charge on any atom is -0.454 e. The third kappa shape index (κ3) is 3.27. The van der Waals surface area contributed by atoms with Crippen LogP contribution in [0.25, 0.3) is 0 Å². The largest absolute Gasteiger partial charge is 0.454 e. The van der Waals surface area contributed by atoms with Gasteiger partial charge in [-0.05, 0) is 33.6 Å². The number of benzene rings is 1. The van der Waals surface area contributed by atoms with Gasteiger partial charge in [0.2, 0.25) is 0 Å². The molecule has 0 amide bonds. The molecule has 98 valence electrons. The summed E-state index contributed by atoms with van der Waals surface area (Å²) in [6.45, 7) is 0.348. The monoisotopic (exact) mass is 323 g/mol. The Morgan fingerprint density at radius 3 is 2.84 bits per heavy atom. The molecule has 19 heavy (non-hydrogen) atoms. The zero-order chi connectivity index (χ0) is 13.8. The van der Waals surface area contributed by atoms with E-state index in [-0.39, 0.29) is 5.69 Å². The van der Waals surface area contributed by atoms with Gasteiger partial charge in [-0.25, -0.2) is 0 Å². The Balaban J connectivity index is 2.31. The van der Waals surface area contributed by atoms with Gasteiger partial charge in [-0.1, -0.05) is 0 Å². The van der Waals surface area contributed by atoms with E-state index in [2.05, 4.69) is 20.9 Å². The zero-order valence-corrected chi connectivity index (χ0v) is 11.3. The van der Waals surface area contributed by atoms with Crippen LogP contribution in [0.1, 0.15) is 5.56 Å². The molecule has 2 N–H and O–H groups in total. The highest BCUT2D eigenvalue weighted by molar-refractivity contribution is 9.10. The summed E-state index contributed by atoms with van der Waals surface area (Å²) in [6.07, 6.45) is 3.15. The van der Waals surface area contributed by atoms with Crippen LogP contribution in [-0.2, 0) is 6.54 Å². The van der Waals surface area contributed by atoms with Gasteiger partial charge < -0.3 is 10.5 Å². The number of nitro groups is 1. The highest BCUT2D eigenvalue weighted by atomic mass is 79.9. The topological polar surface area (TPSA) is 91.3 Å². The number of nitrogens with two attached hydrogens (primary N) is 1. The molecule has 0 aliphatic carbocycles. The summed E-state index contributed by atoms with van der Waals surface area (Å²) in [4.78, 5) is 14.2. The maximum atomic E-state index is 10.7. The number of halogens is 1. The summed E-state index contributed by atoms with van der Waals surface area (Å²) in [6, 6.07) is 6.04. The van der Waals surface area contributed by atoms with Crippen molar-refractivity contribution < 1.29 is 9.66 Å². The van der Waals surface area contributed by atoms with E-state index in [9.17, 15) is 10.1 Å². The normalized spacial score (nSPS) is 10.2. The van der Waals surface area contributed by atoms with Crippen molar-refractivity contribution in [3.05, 3.63) is 56.8 Å². The minimum absolute atomic E-state index is 0.0406. The van der Waals surface area contributed by atoms with Crippen molar-refractivity contribution in [3.63, 3.8) is 0 Å². The lowest BCUT2D eigenvalue weighted by Gasteiger charge is -2.08. The van der Waals surface area contributed by atoms with Crippen LogP contribution in [0.2, 0.25) is 0 Å². The molecule has 0 saturated heterocycles. The first kappa shape index (κ1) is 13.4. The molecule has 1 aromatic carbocycles. The predicted molar refractivity (Wildman–Crippen MR) is 73.0 cm³/mol. The number of pyridine rings is 1. The molecule has 1 heterocycles. The predicted octanol–water partition coefficient (Wildman–Crippen LogP) is 3.00. The van der Waals surface area contributed by atoms with Crippen LogP contribution in [0.5, 0.6) is 11.5 Å². The third-order valence-corrected chi connectivity index (χ3v) is 3.01. The lowest BCUT2D eigenvalue weighted by molar-refractivity contribution is -0.384. The van der Waals surface area contributed by atoms with Crippen molar-refractivity contribution in [2.75, 3.05) is 0 Å². The lowest BCUT2D eigenvalue weighted by Crippen LogP contribution is -1.97. The molecule has 0 unspecified atom stereocenters. The zero-order valence-electron chi connectivity index (χ0n) is 9.75. The number of hydrogen-bond donors (Lipinski definition) is 1. The quantitative estimate of drug-likeness (QED) is 0.689. The van der Waals surface area contributed by atoms with Crippen LogP contribution in [0, 0.1) is 10.1 Å². The molecule has 0 aliphatic heterocycles. The SMILES string of the molecule is NCc1cncc(Oc2cc([N+](=O)[O-])ccc2Br)c1. The number of rotatable bonds is 4. The second-order valence-electron chi connectivity index (χ2n) is 3.71. The van der Waals surface area contributed by atoms with E-state index in [1.54, 1.807) is 18.3 Å². The number of ether oxygens (including phenoxy) is 1. The van der Waals surface area contributed by atoms with Crippen LogP contribution in [0.3, 0.4) is 0 Å². The molecule has 0 radical (unpaired) electrons. The van der Waals surface area contributed by atoms with E-state index in [1.807, 2.05) is 0 Å². The fraction of sp³-hybridized carbons (Fsp3) is 0.0833. The van der Waals surface area contributed by atoms with Gasteiger partial charge in [-0.2, -0.15) is 0 Å². The Morgan fingerprint density at radius 1 is 1.37 bits per heavy atom. The molecule has 2 rings (SSSR count). The summed E-state index contributed by atoms with van der Waals surface area (Å²) in [5.41, 5.74) is 6.29. The first-order chi connectivity index (χ1) is 9.10. The van der Waals surface area contributed by atoms with Crippen molar-refractivity contribution in [2.24, 2.45) is 5.73 Å². The molecule has 2 aromatic rings. The maximum Gasteiger partial charge on any atom is 0.273 e. The molecule has 0 aliphatic rings. The standard InChI is InChI=1S/C12H10BrN3O3/c13-11-2-1-9(16(17)18)4-12(11)19-10-3-8(5-14)6-15-7-10/h1-4,6-7H,5,14H2. The Kier molecular flexibility index (Phi) is 4.08. The van der Waals surface area contributed by atoms with Crippen LogP contribution in [-0.4, -0.2) is 9.91 Å². The number of aromatic nitrogens is 1. The number of hydrogen-bond acceptors (Lipinski definition) is 5. The highest BCUT2D eigenvalue weighted by Gasteiger charge is 2.11. The first-order valence-corrected chi connectivity index (χ1v) is 6.15. The van der Waals surface area contributed by atoms with Gasteiger partial charge in [0.05, 0.1) is 21.7 Å². The summed E-state index contributed by atoms with van der Waals surface area (Å²) < 4.78 is 6.19. The molecule has 0 atom stereocenters. The van der Waals surface area contributed by atoms with Crippen molar-refractivity contribution in [3.8, 4) is 11.5 Å². The van der Waals surface area contributed by atoms with E-state index in [1.165, 1.54) is 18.3 Å². The average molecular weight is 324 g/mol.